The second-order valence-electron chi connectivity index (χ2n) is 4.39. The summed E-state index contributed by atoms with van der Waals surface area (Å²) in [6.45, 7) is 3.01. The summed E-state index contributed by atoms with van der Waals surface area (Å²) in [6.07, 6.45) is 7.03. The molecule has 4 heteroatoms. The minimum atomic E-state index is -0.882. The van der Waals surface area contributed by atoms with E-state index in [9.17, 15) is 9.59 Å². The van der Waals surface area contributed by atoms with Gasteiger partial charge in [-0.2, -0.15) is 0 Å². The highest BCUT2D eigenvalue weighted by molar-refractivity contribution is 5.86. The topological polar surface area (TPSA) is 57.6 Å². The molecule has 0 aliphatic carbocycles. The summed E-state index contributed by atoms with van der Waals surface area (Å²) in [6, 6.07) is 0. The first-order chi connectivity index (χ1) is 8.15. The summed E-state index contributed by atoms with van der Waals surface area (Å²) in [7, 11) is 0. The molecule has 0 bridgehead atoms. The molecule has 1 aliphatic rings. The van der Waals surface area contributed by atoms with Gasteiger partial charge in [-0.25, -0.2) is 4.79 Å². The highest BCUT2D eigenvalue weighted by Gasteiger charge is 2.15. The van der Waals surface area contributed by atoms with E-state index in [2.05, 4.69) is 0 Å². The van der Waals surface area contributed by atoms with Crippen LogP contribution in [0.2, 0.25) is 0 Å². The van der Waals surface area contributed by atoms with Crippen molar-refractivity contribution in [3.63, 3.8) is 0 Å². The third-order valence-electron chi connectivity index (χ3n) is 3.14. The van der Waals surface area contributed by atoms with Crippen LogP contribution in [-0.2, 0) is 9.59 Å². The third-order valence-corrected chi connectivity index (χ3v) is 3.14. The summed E-state index contributed by atoms with van der Waals surface area (Å²) < 4.78 is 0. The van der Waals surface area contributed by atoms with E-state index in [1.165, 1.54) is 0 Å². The van der Waals surface area contributed by atoms with Gasteiger partial charge in [0.15, 0.2) is 0 Å². The molecule has 1 amide bonds. The van der Waals surface area contributed by atoms with Gasteiger partial charge in [-0.15, -0.1) is 0 Å². The molecule has 17 heavy (non-hydrogen) atoms. The van der Waals surface area contributed by atoms with Gasteiger partial charge >= 0.3 is 5.97 Å². The molecular formula is C13H21NO3. The van der Waals surface area contributed by atoms with Crippen LogP contribution in [-0.4, -0.2) is 35.0 Å². The molecule has 0 saturated carbocycles. The standard InChI is InChI=1S/C13H21NO3/c1-2-11(13(16)17)8-10-14-9-6-4-3-5-7-12(14)15/h8H,2-7,9-10H2,1H3,(H,16,17). The Hall–Kier alpha value is -1.32. The molecule has 0 atom stereocenters. The number of aliphatic carboxylic acids is 1. The molecule has 0 radical (unpaired) electrons. The first kappa shape index (κ1) is 13.7. The van der Waals surface area contributed by atoms with E-state index < -0.39 is 5.97 Å². The first-order valence-corrected chi connectivity index (χ1v) is 6.35. The molecule has 0 aromatic carbocycles. The Morgan fingerprint density at radius 3 is 2.71 bits per heavy atom. The largest absolute Gasteiger partial charge is 0.478 e. The van der Waals surface area contributed by atoms with E-state index in [0.717, 1.165) is 32.2 Å². The van der Waals surface area contributed by atoms with Gasteiger partial charge in [-0.3, -0.25) is 4.79 Å². The van der Waals surface area contributed by atoms with Gasteiger partial charge in [0, 0.05) is 25.1 Å². The number of carbonyl (C=O) groups is 2. The average molecular weight is 239 g/mol. The number of likely N-dealkylation sites (tertiary alicyclic amines) is 1. The van der Waals surface area contributed by atoms with Crippen molar-refractivity contribution in [3.8, 4) is 0 Å². The van der Waals surface area contributed by atoms with Gasteiger partial charge < -0.3 is 10.0 Å². The fourth-order valence-electron chi connectivity index (χ4n) is 2.01. The van der Waals surface area contributed by atoms with Crippen LogP contribution in [0.1, 0.15) is 45.4 Å². The van der Waals surface area contributed by atoms with E-state index in [1.54, 1.807) is 11.0 Å². The van der Waals surface area contributed by atoms with E-state index in [0.29, 0.717) is 25.0 Å². The van der Waals surface area contributed by atoms with Crippen molar-refractivity contribution < 1.29 is 14.7 Å². The predicted molar refractivity (Wildman–Crippen MR) is 65.7 cm³/mol. The van der Waals surface area contributed by atoms with Gasteiger partial charge in [0.25, 0.3) is 0 Å². The van der Waals surface area contributed by atoms with E-state index >= 15 is 0 Å². The number of hydrogen-bond donors (Lipinski definition) is 1. The van der Waals surface area contributed by atoms with Crippen LogP contribution in [0.3, 0.4) is 0 Å². The summed E-state index contributed by atoms with van der Waals surface area (Å²) >= 11 is 0. The van der Waals surface area contributed by atoms with Crippen LogP contribution in [0, 0.1) is 0 Å². The Morgan fingerprint density at radius 2 is 2.06 bits per heavy atom. The number of amides is 1. The van der Waals surface area contributed by atoms with Crippen molar-refractivity contribution in [1.82, 2.24) is 4.90 Å². The minimum absolute atomic E-state index is 0.154. The number of rotatable bonds is 4. The van der Waals surface area contributed by atoms with E-state index in [1.807, 2.05) is 6.92 Å². The smallest absolute Gasteiger partial charge is 0.331 e. The van der Waals surface area contributed by atoms with Crippen molar-refractivity contribution in [2.24, 2.45) is 0 Å². The van der Waals surface area contributed by atoms with Crippen LogP contribution in [0.15, 0.2) is 11.6 Å². The average Bonchev–Trinajstić information content (AvgIpc) is 2.27. The van der Waals surface area contributed by atoms with Crippen molar-refractivity contribution >= 4 is 11.9 Å². The van der Waals surface area contributed by atoms with Gasteiger partial charge in [0.1, 0.15) is 0 Å². The lowest BCUT2D eigenvalue weighted by Crippen LogP contribution is -2.33. The van der Waals surface area contributed by atoms with Crippen LogP contribution in [0.4, 0.5) is 0 Å². The SMILES string of the molecule is CCC(=CCN1CCCCCCC1=O)C(=O)O. The fourth-order valence-corrected chi connectivity index (χ4v) is 2.01. The zero-order valence-corrected chi connectivity index (χ0v) is 10.4. The molecule has 96 valence electrons. The molecular weight excluding hydrogens is 218 g/mol. The van der Waals surface area contributed by atoms with Crippen LogP contribution >= 0.6 is 0 Å². The molecule has 4 nitrogen and oxygen atoms in total. The molecule has 0 unspecified atom stereocenters. The summed E-state index contributed by atoms with van der Waals surface area (Å²) in [5.41, 5.74) is 0.389. The van der Waals surface area contributed by atoms with Crippen LogP contribution in [0.25, 0.3) is 0 Å². The molecule has 1 saturated heterocycles. The zero-order chi connectivity index (χ0) is 12.7. The van der Waals surface area contributed by atoms with Crippen LogP contribution < -0.4 is 0 Å². The molecule has 1 N–H and O–H groups in total. The van der Waals surface area contributed by atoms with Crippen molar-refractivity contribution in [3.05, 3.63) is 11.6 Å². The molecule has 0 aromatic rings. The Bertz CT molecular complexity index is 310. The Kier molecular flexibility index (Phi) is 5.73. The molecule has 1 fully saturated rings. The molecule has 0 aromatic heterocycles. The molecule has 0 spiro atoms. The second kappa shape index (κ2) is 7.09. The van der Waals surface area contributed by atoms with Crippen molar-refractivity contribution in [2.45, 2.75) is 45.4 Å². The Balaban J connectivity index is 2.57. The summed E-state index contributed by atoms with van der Waals surface area (Å²) in [5, 5.41) is 8.90. The molecule has 1 heterocycles. The van der Waals surface area contributed by atoms with Crippen molar-refractivity contribution in [2.75, 3.05) is 13.1 Å². The van der Waals surface area contributed by atoms with Crippen LogP contribution in [0.5, 0.6) is 0 Å². The predicted octanol–water partition coefficient (Wildman–Crippen LogP) is 2.20. The number of carbonyl (C=O) groups excluding carboxylic acids is 1. The van der Waals surface area contributed by atoms with Gasteiger partial charge in [-0.05, 0) is 19.3 Å². The third kappa shape index (κ3) is 4.59. The summed E-state index contributed by atoms with van der Waals surface area (Å²) in [5.74, 6) is -0.728. The lowest BCUT2D eigenvalue weighted by Gasteiger charge is -2.23. The number of carboxylic acids is 1. The lowest BCUT2D eigenvalue weighted by atomic mass is 10.1. The highest BCUT2D eigenvalue weighted by Crippen LogP contribution is 2.12. The fraction of sp³-hybridized carbons (Fsp3) is 0.692. The quantitative estimate of drug-likeness (QED) is 0.765. The lowest BCUT2D eigenvalue weighted by molar-refractivity contribution is -0.133. The van der Waals surface area contributed by atoms with Gasteiger partial charge in [0.05, 0.1) is 0 Å². The second-order valence-corrected chi connectivity index (χ2v) is 4.39. The maximum absolute atomic E-state index is 11.8. The molecule has 1 aliphatic heterocycles. The number of carboxylic acid groups (broad SMARTS) is 1. The Morgan fingerprint density at radius 1 is 1.35 bits per heavy atom. The monoisotopic (exact) mass is 239 g/mol. The van der Waals surface area contributed by atoms with E-state index in [4.69, 9.17) is 5.11 Å². The Labute approximate surface area is 102 Å². The normalized spacial score (nSPS) is 18.8. The van der Waals surface area contributed by atoms with Gasteiger partial charge in [0.2, 0.25) is 5.91 Å². The highest BCUT2D eigenvalue weighted by atomic mass is 16.4. The van der Waals surface area contributed by atoms with Crippen molar-refractivity contribution in [1.29, 1.82) is 0 Å². The first-order valence-electron chi connectivity index (χ1n) is 6.35. The number of hydrogen-bond acceptors (Lipinski definition) is 2. The number of nitrogens with zero attached hydrogens (tertiary/aromatic N) is 1. The minimum Gasteiger partial charge on any atom is -0.478 e. The van der Waals surface area contributed by atoms with Gasteiger partial charge in [-0.1, -0.05) is 25.8 Å². The summed E-state index contributed by atoms with van der Waals surface area (Å²) in [4.78, 5) is 24.4. The maximum atomic E-state index is 11.8. The zero-order valence-electron chi connectivity index (χ0n) is 10.4. The maximum Gasteiger partial charge on any atom is 0.331 e. The van der Waals surface area contributed by atoms with E-state index in [-0.39, 0.29) is 5.91 Å². The molecule has 1 rings (SSSR count).